The van der Waals surface area contributed by atoms with Gasteiger partial charge in [0.1, 0.15) is 5.76 Å². The maximum absolute atomic E-state index is 5.04. The van der Waals surface area contributed by atoms with Gasteiger partial charge in [0.25, 0.3) is 0 Å². The van der Waals surface area contributed by atoms with Crippen molar-refractivity contribution in [2.24, 2.45) is 0 Å². The Morgan fingerprint density at radius 3 is 2.71 bits per heavy atom. The van der Waals surface area contributed by atoms with Crippen LogP contribution < -0.4 is 5.32 Å². The molecule has 0 spiro atoms. The molecular weight excluding hydrogens is 176 g/mol. The van der Waals surface area contributed by atoms with Gasteiger partial charge in [-0.3, -0.25) is 0 Å². The van der Waals surface area contributed by atoms with Crippen LogP contribution in [0.3, 0.4) is 0 Å². The SMILES string of the molecule is c1cc(CNC2CCCCCC2)on1. The van der Waals surface area contributed by atoms with Gasteiger partial charge in [-0.15, -0.1) is 0 Å². The largest absolute Gasteiger partial charge is 0.360 e. The fourth-order valence-electron chi connectivity index (χ4n) is 2.06. The zero-order valence-electron chi connectivity index (χ0n) is 8.54. The number of aromatic nitrogens is 1. The lowest BCUT2D eigenvalue weighted by Crippen LogP contribution is -2.27. The molecule has 0 atom stereocenters. The topological polar surface area (TPSA) is 38.1 Å². The van der Waals surface area contributed by atoms with Crippen molar-refractivity contribution in [3.05, 3.63) is 18.0 Å². The lowest BCUT2D eigenvalue weighted by molar-refractivity contribution is 0.355. The average Bonchev–Trinajstić information content (AvgIpc) is 2.58. The van der Waals surface area contributed by atoms with Crippen LogP contribution in [0.25, 0.3) is 0 Å². The molecule has 0 saturated heterocycles. The smallest absolute Gasteiger partial charge is 0.150 e. The van der Waals surface area contributed by atoms with E-state index in [1.54, 1.807) is 6.20 Å². The number of rotatable bonds is 3. The predicted octanol–water partition coefficient (Wildman–Crippen LogP) is 2.49. The maximum Gasteiger partial charge on any atom is 0.150 e. The van der Waals surface area contributed by atoms with Crippen molar-refractivity contribution in [3.8, 4) is 0 Å². The van der Waals surface area contributed by atoms with E-state index in [1.807, 2.05) is 6.07 Å². The molecular formula is C11H18N2O. The molecule has 2 rings (SSSR count). The molecule has 0 bridgehead atoms. The van der Waals surface area contributed by atoms with E-state index in [4.69, 9.17) is 4.52 Å². The third-order valence-corrected chi connectivity index (χ3v) is 2.91. The summed E-state index contributed by atoms with van der Waals surface area (Å²) >= 11 is 0. The molecule has 0 unspecified atom stereocenters. The van der Waals surface area contributed by atoms with Gasteiger partial charge >= 0.3 is 0 Å². The number of nitrogens with zero attached hydrogens (tertiary/aromatic N) is 1. The Kier molecular flexibility index (Phi) is 3.57. The van der Waals surface area contributed by atoms with Crippen LogP contribution in [-0.2, 0) is 6.54 Å². The third kappa shape index (κ3) is 2.84. The van der Waals surface area contributed by atoms with E-state index in [2.05, 4.69) is 10.5 Å². The van der Waals surface area contributed by atoms with Crippen LogP contribution in [0.1, 0.15) is 44.3 Å². The predicted molar refractivity (Wildman–Crippen MR) is 54.8 cm³/mol. The van der Waals surface area contributed by atoms with E-state index in [0.29, 0.717) is 6.04 Å². The zero-order valence-corrected chi connectivity index (χ0v) is 8.54. The van der Waals surface area contributed by atoms with Crippen molar-refractivity contribution in [2.45, 2.75) is 51.1 Å². The second-order valence-electron chi connectivity index (χ2n) is 4.05. The summed E-state index contributed by atoms with van der Waals surface area (Å²) in [5.74, 6) is 0.939. The molecule has 0 amide bonds. The molecule has 0 aromatic carbocycles. The lowest BCUT2D eigenvalue weighted by atomic mass is 10.1. The molecule has 1 heterocycles. The van der Waals surface area contributed by atoms with Crippen LogP contribution in [0.2, 0.25) is 0 Å². The molecule has 14 heavy (non-hydrogen) atoms. The van der Waals surface area contributed by atoms with Gasteiger partial charge in [-0.25, -0.2) is 0 Å². The van der Waals surface area contributed by atoms with Gasteiger partial charge in [0.05, 0.1) is 12.7 Å². The molecule has 78 valence electrons. The Morgan fingerprint density at radius 2 is 2.07 bits per heavy atom. The fraction of sp³-hybridized carbons (Fsp3) is 0.727. The molecule has 3 nitrogen and oxygen atoms in total. The van der Waals surface area contributed by atoms with Gasteiger partial charge in [-0.05, 0) is 12.8 Å². The standard InChI is InChI=1S/C11H18N2O/c1-2-4-6-10(5-3-1)12-9-11-7-8-13-14-11/h7-8,10,12H,1-6,9H2. The second kappa shape index (κ2) is 5.15. The Labute approximate surface area is 84.9 Å². The van der Waals surface area contributed by atoms with Crippen molar-refractivity contribution in [2.75, 3.05) is 0 Å². The van der Waals surface area contributed by atoms with Gasteiger partial charge in [0, 0.05) is 12.1 Å². The Hall–Kier alpha value is -0.830. The molecule has 1 N–H and O–H groups in total. The Bertz CT molecular complexity index is 238. The molecule has 1 aromatic heterocycles. The van der Waals surface area contributed by atoms with Gasteiger partial charge < -0.3 is 9.84 Å². The average molecular weight is 194 g/mol. The minimum absolute atomic E-state index is 0.683. The third-order valence-electron chi connectivity index (χ3n) is 2.91. The monoisotopic (exact) mass is 194 g/mol. The molecule has 1 fully saturated rings. The minimum atomic E-state index is 0.683. The van der Waals surface area contributed by atoms with Crippen molar-refractivity contribution in [1.29, 1.82) is 0 Å². The first kappa shape index (κ1) is 9.71. The van der Waals surface area contributed by atoms with Crippen LogP contribution in [-0.4, -0.2) is 11.2 Å². The summed E-state index contributed by atoms with van der Waals surface area (Å²) in [5.41, 5.74) is 0. The van der Waals surface area contributed by atoms with Gasteiger partial charge in [0.15, 0.2) is 0 Å². The normalized spacial score (nSPS) is 19.4. The number of nitrogens with one attached hydrogen (secondary N) is 1. The summed E-state index contributed by atoms with van der Waals surface area (Å²) in [4.78, 5) is 0. The Balaban J connectivity index is 1.73. The summed E-state index contributed by atoms with van der Waals surface area (Å²) in [7, 11) is 0. The summed E-state index contributed by atoms with van der Waals surface area (Å²) < 4.78 is 5.04. The molecule has 1 aromatic rings. The van der Waals surface area contributed by atoms with E-state index in [0.717, 1.165) is 12.3 Å². The van der Waals surface area contributed by atoms with Crippen LogP contribution >= 0.6 is 0 Å². The van der Waals surface area contributed by atoms with Gasteiger partial charge in [0.2, 0.25) is 0 Å². The summed E-state index contributed by atoms with van der Waals surface area (Å²) in [5, 5.41) is 7.22. The van der Waals surface area contributed by atoms with Crippen molar-refractivity contribution in [3.63, 3.8) is 0 Å². The highest BCUT2D eigenvalue weighted by Gasteiger charge is 2.11. The lowest BCUT2D eigenvalue weighted by Gasteiger charge is -2.14. The van der Waals surface area contributed by atoms with E-state index in [-0.39, 0.29) is 0 Å². The first-order valence-electron chi connectivity index (χ1n) is 5.58. The van der Waals surface area contributed by atoms with Crippen LogP contribution in [0.4, 0.5) is 0 Å². The second-order valence-corrected chi connectivity index (χ2v) is 4.05. The van der Waals surface area contributed by atoms with Crippen LogP contribution in [0, 0.1) is 0 Å². The number of hydrogen-bond acceptors (Lipinski definition) is 3. The van der Waals surface area contributed by atoms with E-state index in [9.17, 15) is 0 Å². The molecule has 0 aliphatic heterocycles. The zero-order chi connectivity index (χ0) is 9.64. The summed E-state index contributed by atoms with van der Waals surface area (Å²) in [6.07, 6.45) is 9.87. The summed E-state index contributed by atoms with van der Waals surface area (Å²) in [6, 6.07) is 2.60. The molecule has 3 heteroatoms. The highest BCUT2D eigenvalue weighted by molar-refractivity contribution is 4.92. The first-order chi connectivity index (χ1) is 6.95. The van der Waals surface area contributed by atoms with E-state index in [1.165, 1.54) is 38.5 Å². The quantitative estimate of drug-likeness (QED) is 0.751. The van der Waals surface area contributed by atoms with Crippen molar-refractivity contribution in [1.82, 2.24) is 10.5 Å². The highest BCUT2D eigenvalue weighted by atomic mass is 16.5. The number of hydrogen-bond donors (Lipinski definition) is 1. The van der Waals surface area contributed by atoms with Crippen LogP contribution in [0.15, 0.2) is 16.8 Å². The fourth-order valence-corrected chi connectivity index (χ4v) is 2.06. The van der Waals surface area contributed by atoms with Gasteiger partial charge in [-0.1, -0.05) is 30.8 Å². The van der Waals surface area contributed by atoms with E-state index < -0.39 is 0 Å². The molecule has 1 aliphatic rings. The molecule has 1 saturated carbocycles. The van der Waals surface area contributed by atoms with Gasteiger partial charge in [-0.2, -0.15) is 0 Å². The first-order valence-corrected chi connectivity index (χ1v) is 5.58. The minimum Gasteiger partial charge on any atom is -0.360 e. The van der Waals surface area contributed by atoms with E-state index >= 15 is 0 Å². The Morgan fingerprint density at radius 1 is 1.29 bits per heavy atom. The van der Waals surface area contributed by atoms with Crippen molar-refractivity contribution >= 4 is 0 Å². The maximum atomic E-state index is 5.04. The summed E-state index contributed by atoms with van der Waals surface area (Å²) in [6.45, 7) is 0.824. The molecule has 0 radical (unpaired) electrons. The molecule has 1 aliphatic carbocycles. The highest BCUT2D eigenvalue weighted by Crippen LogP contribution is 2.17. The van der Waals surface area contributed by atoms with Crippen LogP contribution in [0.5, 0.6) is 0 Å². The van der Waals surface area contributed by atoms with Crippen molar-refractivity contribution < 1.29 is 4.52 Å².